The number of nitro groups is 1. The highest BCUT2D eigenvalue weighted by atomic mass is 32.2. The van der Waals surface area contributed by atoms with Gasteiger partial charge in [0.05, 0.1) is 4.92 Å². The molecular weight excluding hydrogens is 284 g/mol. The van der Waals surface area contributed by atoms with Crippen molar-refractivity contribution in [3.63, 3.8) is 0 Å². The lowest BCUT2D eigenvalue weighted by molar-refractivity contribution is -0.387. The number of anilines is 1. The van der Waals surface area contributed by atoms with Crippen molar-refractivity contribution in [2.45, 2.75) is 17.7 Å². The van der Waals surface area contributed by atoms with Crippen LogP contribution in [0.3, 0.4) is 0 Å². The van der Waals surface area contributed by atoms with Crippen molar-refractivity contribution in [1.29, 1.82) is 0 Å². The third-order valence-corrected chi connectivity index (χ3v) is 4.35. The molecule has 0 saturated carbocycles. The maximum absolute atomic E-state index is 11.7. The summed E-state index contributed by atoms with van der Waals surface area (Å²) in [6, 6.07) is 4.23. The van der Waals surface area contributed by atoms with E-state index >= 15 is 0 Å². The molecule has 1 heterocycles. The number of rotatable bonds is 3. The number of nitrogens with zero attached hydrogens (tertiary/aromatic N) is 2. The predicted molar refractivity (Wildman–Crippen MR) is 72.7 cm³/mol. The normalized spacial score (nSPS) is 16.2. The second-order valence-corrected chi connectivity index (χ2v) is 6.66. The van der Waals surface area contributed by atoms with Crippen LogP contribution in [0.5, 0.6) is 0 Å². The molecule has 0 bridgehead atoms. The molecule has 1 aromatic carbocycles. The van der Waals surface area contributed by atoms with Crippen LogP contribution < -0.4 is 4.90 Å². The number of carbonyl (C=O) groups excluding carboxylic acids is 1. The largest absolute Gasteiger partial charge is 0.365 e. The second-order valence-electron chi connectivity index (χ2n) is 4.68. The van der Waals surface area contributed by atoms with Gasteiger partial charge in [0.15, 0.2) is 9.84 Å². The Kier molecular flexibility index (Phi) is 3.76. The van der Waals surface area contributed by atoms with Crippen molar-refractivity contribution < 1.29 is 18.1 Å². The average molecular weight is 298 g/mol. The highest BCUT2D eigenvalue weighted by Crippen LogP contribution is 2.35. The smallest absolute Gasteiger partial charge is 0.311 e. The van der Waals surface area contributed by atoms with Crippen LogP contribution in [-0.4, -0.2) is 38.5 Å². The highest BCUT2D eigenvalue weighted by molar-refractivity contribution is 7.90. The van der Waals surface area contributed by atoms with Gasteiger partial charge in [-0.15, -0.1) is 0 Å². The van der Waals surface area contributed by atoms with Gasteiger partial charge in [-0.25, -0.2) is 8.42 Å². The van der Waals surface area contributed by atoms with Crippen LogP contribution in [0.1, 0.15) is 12.8 Å². The molecule has 1 aromatic rings. The van der Waals surface area contributed by atoms with Gasteiger partial charge >= 0.3 is 5.69 Å². The molecule has 8 heteroatoms. The fraction of sp³-hybridized carbons (Fsp3) is 0.417. The minimum absolute atomic E-state index is 0.114. The van der Waals surface area contributed by atoms with Crippen molar-refractivity contribution >= 4 is 27.0 Å². The molecule has 7 nitrogen and oxygen atoms in total. The molecule has 1 aliphatic heterocycles. The number of benzene rings is 1. The fourth-order valence-corrected chi connectivity index (χ4v) is 3.10. The van der Waals surface area contributed by atoms with E-state index in [1.807, 2.05) is 0 Å². The van der Waals surface area contributed by atoms with Gasteiger partial charge in [-0.3, -0.25) is 14.9 Å². The lowest BCUT2D eigenvalue weighted by Crippen LogP contribution is -2.34. The maximum atomic E-state index is 11.7. The number of para-hydroxylation sites is 1. The first kappa shape index (κ1) is 14.4. The molecule has 108 valence electrons. The van der Waals surface area contributed by atoms with Gasteiger partial charge in [-0.1, -0.05) is 6.07 Å². The van der Waals surface area contributed by atoms with Crippen LogP contribution in [0.25, 0.3) is 0 Å². The van der Waals surface area contributed by atoms with Crippen molar-refractivity contribution in [2.75, 3.05) is 24.2 Å². The molecule has 0 atom stereocenters. The van der Waals surface area contributed by atoms with Crippen molar-refractivity contribution in [2.24, 2.45) is 0 Å². The molecule has 0 radical (unpaired) electrons. The summed E-state index contributed by atoms with van der Waals surface area (Å²) < 4.78 is 23.3. The molecule has 0 spiro atoms. The van der Waals surface area contributed by atoms with E-state index in [2.05, 4.69) is 0 Å². The average Bonchev–Trinajstić information content (AvgIpc) is 2.37. The first-order chi connectivity index (χ1) is 9.30. The fourth-order valence-electron chi connectivity index (χ4n) is 2.25. The van der Waals surface area contributed by atoms with Crippen LogP contribution in [0.15, 0.2) is 23.1 Å². The highest BCUT2D eigenvalue weighted by Gasteiger charge is 2.30. The second kappa shape index (κ2) is 5.20. The predicted octanol–water partition coefficient (Wildman–Crippen LogP) is 1.17. The van der Waals surface area contributed by atoms with Gasteiger partial charge in [0.1, 0.15) is 16.4 Å². The molecule has 1 aliphatic rings. The number of Topliss-reactive ketones (excluding diaryl/α,β-unsaturated/α-hetero) is 1. The van der Waals surface area contributed by atoms with Gasteiger partial charge in [0, 0.05) is 32.2 Å². The summed E-state index contributed by atoms with van der Waals surface area (Å²) in [6.45, 7) is 0.736. The minimum atomic E-state index is -3.69. The topological polar surface area (TPSA) is 97.6 Å². The number of ketones is 1. The van der Waals surface area contributed by atoms with Crippen molar-refractivity contribution in [3.05, 3.63) is 28.3 Å². The van der Waals surface area contributed by atoms with E-state index in [4.69, 9.17) is 0 Å². The number of carbonyl (C=O) groups is 1. The summed E-state index contributed by atoms with van der Waals surface area (Å²) in [5.74, 6) is 0.114. The van der Waals surface area contributed by atoms with Crippen molar-refractivity contribution in [1.82, 2.24) is 0 Å². The summed E-state index contributed by atoms with van der Waals surface area (Å²) >= 11 is 0. The number of sulfone groups is 1. The van der Waals surface area contributed by atoms with Crippen LogP contribution in [0.2, 0.25) is 0 Å². The minimum Gasteiger partial charge on any atom is -0.365 e. The zero-order valence-corrected chi connectivity index (χ0v) is 11.7. The molecule has 0 aliphatic carbocycles. The van der Waals surface area contributed by atoms with E-state index in [1.165, 1.54) is 18.2 Å². The van der Waals surface area contributed by atoms with E-state index in [9.17, 15) is 23.3 Å². The Morgan fingerprint density at radius 2 is 1.85 bits per heavy atom. The standard InChI is InChI=1S/C12H14N2O5S/c1-20(18,19)11-4-2-3-10(12(11)14(16)17)13-7-5-9(15)6-8-13/h2-4H,5-8H2,1H3. The molecule has 0 amide bonds. The molecule has 0 unspecified atom stereocenters. The lowest BCUT2D eigenvalue weighted by Gasteiger charge is -2.28. The monoisotopic (exact) mass is 298 g/mol. The first-order valence-corrected chi connectivity index (χ1v) is 7.94. The number of nitro benzene ring substituents is 1. The molecule has 0 N–H and O–H groups in total. The molecule has 1 fully saturated rings. The SMILES string of the molecule is CS(=O)(=O)c1cccc(N2CCC(=O)CC2)c1[N+](=O)[O-]. The summed E-state index contributed by atoms with van der Waals surface area (Å²) in [6.07, 6.45) is 1.58. The van der Waals surface area contributed by atoms with Crippen LogP contribution >= 0.6 is 0 Å². The summed E-state index contributed by atoms with van der Waals surface area (Å²) in [5, 5.41) is 11.2. The van der Waals surface area contributed by atoms with Gasteiger partial charge in [-0.2, -0.15) is 0 Å². The molecule has 1 saturated heterocycles. The molecule has 2 rings (SSSR count). The van der Waals surface area contributed by atoms with Crippen LogP contribution in [-0.2, 0) is 14.6 Å². The molecule has 20 heavy (non-hydrogen) atoms. The van der Waals surface area contributed by atoms with Gasteiger partial charge in [0.2, 0.25) is 0 Å². The summed E-state index contributed by atoms with van der Waals surface area (Å²) in [7, 11) is -3.69. The Hall–Kier alpha value is -1.96. The first-order valence-electron chi connectivity index (χ1n) is 6.05. The zero-order chi connectivity index (χ0) is 14.9. The third-order valence-electron chi connectivity index (χ3n) is 3.22. The number of piperidine rings is 1. The zero-order valence-electron chi connectivity index (χ0n) is 10.9. The molecular formula is C12H14N2O5S. The van der Waals surface area contributed by atoms with E-state index < -0.39 is 20.4 Å². The number of hydrogen-bond acceptors (Lipinski definition) is 6. The Morgan fingerprint density at radius 1 is 1.25 bits per heavy atom. The van der Waals surface area contributed by atoms with Crippen LogP contribution in [0, 0.1) is 10.1 Å². The van der Waals surface area contributed by atoms with Gasteiger partial charge in [-0.05, 0) is 12.1 Å². The van der Waals surface area contributed by atoms with Crippen LogP contribution in [0.4, 0.5) is 11.4 Å². The van der Waals surface area contributed by atoms with E-state index in [1.54, 1.807) is 4.90 Å². The Morgan fingerprint density at radius 3 is 2.35 bits per heavy atom. The Labute approximate surface area is 116 Å². The number of hydrogen-bond donors (Lipinski definition) is 0. The maximum Gasteiger partial charge on any atom is 0.311 e. The van der Waals surface area contributed by atoms with E-state index in [-0.39, 0.29) is 16.4 Å². The lowest BCUT2D eigenvalue weighted by atomic mass is 10.1. The van der Waals surface area contributed by atoms with E-state index in [0.717, 1.165) is 6.26 Å². The molecule has 0 aromatic heterocycles. The Bertz CT molecular complexity index is 658. The quantitative estimate of drug-likeness (QED) is 0.613. The summed E-state index contributed by atoms with van der Waals surface area (Å²) in [4.78, 5) is 23.2. The third kappa shape index (κ3) is 2.79. The van der Waals surface area contributed by atoms with Gasteiger partial charge in [0.25, 0.3) is 0 Å². The summed E-state index contributed by atoms with van der Waals surface area (Å²) in [5.41, 5.74) is -0.158. The van der Waals surface area contributed by atoms with E-state index in [0.29, 0.717) is 25.9 Å². The van der Waals surface area contributed by atoms with Gasteiger partial charge < -0.3 is 4.90 Å². The van der Waals surface area contributed by atoms with Crippen molar-refractivity contribution in [3.8, 4) is 0 Å². The Balaban J connectivity index is 2.53.